The first-order chi connectivity index (χ1) is 6.29. The summed E-state index contributed by atoms with van der Waals surface area (Å²) in [4.78, 5) is 0. The van der Waals surface area contributed by atoms with E-state index in [2.05, 4.69) is 55.2 Å². The van der Waals surface area contributed by atoms with Crippen LogP contribution in [0.4, 0.5) is 0 Å². The lowest BCUT2D eigenvalue weighted by atomic mass is 10.1. The van der Waals surface area contributed by atoms with Crippen LogP contribution in [0.1, 0.15) is 12.0 Å². The summed E-state index contributed by atoms with van der Waals surface area (Å²) in [6, 6.07) is 10.7. The Morgan fingerprint density at radius 1 is 1.15 bits per heavy atom. The fraction of sp³-hybridized carbons (Fsp3) is 0.333. The monoisotopic (exact) mass is 190 g/mol. The van der Waals surface area contributed by atoms with Crippen molar-refractivity contribution >= 4 is 8.80 Å². The summed E-state index contributed by atoms with van der Waals surface area (Å²) in [6.45, 7) is 4.69. The Labute approximate surface area is 82.9 Å². The van der Waals surface area contributed by atoms with E-state index in [1.807, 2.05) is 0 Å². The number of rotatable bonds is 4. The Morgan fingerprint density at radius 3 is 2.46 bits per heavy atom. The van der Waals surface area contributed by atoms with Gasteiger partial charge in [-0.25, -0.2) is 0 Å². The van der Waals surface area contributed by atoms with Crippen LogP contribution in [0.3, 0.4) is 0 Å². The van der Waals surface area contributed by atoms with Gasteiger partial charge in [-0.3, -0.25) is 0 Å². The fourth-order valence-corrected chi connectivity index (χ4v) is 2.00. The first kappa shape index (κ1) is 10.3. The Morgan fingerprint density at radius 2 is 1.85 bits per heavy atom. The van der Waals surface area contributed by atoms with E-state index < -0.39 is 8.80 Å². The topological polar surface area (TPSA) is 0 Å². The molecule has 0 saturated heterocycles. The maximum Gasteiger partial charge on any atom is 0.0549 e. The molecule has 1 aromatic carbocycles. The van der Waals surface area contributed by atoms with Crippen LogP contribution in [0.2, 0.25) is 13.1 Å². The highest BCUT2D eigenvalue weighted by Crippen LogP contribution is 2.02. The Kier molecular flexibility index (Phi) is 4.55. The van der Waals surface area contributed by atoms with Crippen LogP contribution < -0.4 is 0 Å². The third-order valence-electron chi connectivity index (χ3n) is 1.96. The van der Waals surface area contributed by atoms with E-state index in [0.29, 0.717) is 0 Å². The van der Waals surface area contributed by atoms with Gasteiger partial charge in [0, 0.05) is 0 Å². The second-order valence-corrected chi connectivity index (χ2v) is 6.57. The van der Waals surface area contributed by atoms with Gasteiger partial charge < -0.3 is 0 Å². The van der Waals surface area contributed by atoms with Gasteiger partial charge in [-0.05, 0) is 18.4 Å². The SMILES string of the molecule is C[SiH](C)C=CCCc1ccccc1. The zero-order valence-corrected chi connectivity index (χ0v) is 9.69. The zero-order valence-electron chi connectivity index (χ0n) is 8.53. The summed E-state index contributed by atoms with van der Waals surface area (Å²) in [5.41, 5.74) is 3.85. The summed E-state index contributed by atoms with van der Waals surface area (Å²) in [5, 5.41) is 0. The Bertz CT molecular complexity index is 249. The molecular formula is C12H18Si. The highest BCUT2D eigenvalue weighted by Gasteiger charge is 1.89. The van der Waals surface area contributed by atoms with Crippen LogP contribution in [0.25, 0.3) is 0 Å². The lowest BCUT2D eigenvalue weighted by molar-refractivity contribution is 1.00. The second kappa shape index (κ2) is 5.76. The summed E-state index contributed by atoms with van der Waals surface area (Å²) < 4.78 is 0. The Hall–Kier alpha value is -0.823. The van der Waals surface area contributed by atoms with Gasteiger partial charge in [0.15, 0.2) is 0 Å². The summed E-state index contributed by atoms with van der Waals surface area (Å²) in [7, 11) is -0.477. The molecule has 1 heteroatoms. The molecule has 0 N–H and O–H groups in total. The van der Waals surface area contributed by atoms with Gasteiger partial charge in [0.1, 0.15) is 0 Å². The number of hydrogen-bond donors (Lipinski definition) is 0. The molecule has 0 aromatic heterocycles. The highest BCUT2D eigenvalue weighted by molar-refractivity contribution is 6.61. The van der Waals surface area contributed by atoms with Gasteiger partial charge in [-0.15, -0.1) is 5.70 Å². The van der Waals surface area contributed by atoms with E-state index in [-0.39, 0.29) is 0 Å². The molecule has 0 aliphatic carbocycles. The van der Waals surface area contributed by atoms with Crippen molar-refractivity contribution < 1.29 is 0 Å². The molecule has 0 heterocycles. The molecule has 70 valence electrons. The highest BCUT2D eigenvalue weighted by atomic mass is 28.3. The maximum absolute atomic E-state index is 2.41. The third kappa shape index (κ3) is 4.68. The Balaban J connectivity index is 2.28. The van der Waals surface area contributed by atoms with E-state index >= 15 is 0 Å². The van der Waals surface area contributed by atoms with Crippen molar-refractivity contribution in [1.29, 1.82) is 0 Å². The average Bonchev–Trinajstić information content (AvgIpc) is 2.14. The number of aryl methyl sites for hydroxylation is 1. The fourth-order valence-electron chi connectivity index (χ4n) is 1.26. The second-order valence-electron chi connectivity index (χ2n) is 3.70. The minimum absolute atomic E-state index is 0.477. The molecule has 1 aromatic rings. The molecule has 0 fully saturated rings. The predicted molar refractivity (Wildman–Crippen MR) is 62.8 cm³/mol. The average molecular weight is 190 g/mol. The molecule has 0 saturated carbocycles. The van der Waals surface area contributed by atoms with E-state index in [4.69, 9.17) is 0 Å². The maximum atomic E-state index is 2.41. The molecule has 0 aliphatic heterocycles. The van der Waals surface area contributed by atoms with Crippen molar-refractivity contribution in [3.8, 4) is 0 Å². The quantitative estimate of drug-likeness (QED) is 0.640. The first-order valence-corrected chi connectivity index (χ1v) is 7.97. The third-order valence-corrected chi connectivity index (χ3v) is 3.01. The van der Waals surface area contributed by atoms with Crippen LogP contribution in [0.5, 0.6) is 0 Å². The van der Waals surface area contributed by atoms with Gasteiger partial charge in [0.05, 0.1) is 8.80 Å². The molecule has 1 rings (SSSR count). The van der Waals surface area contributed by atoms with Crippen molar-refractivity contribution in [2.75, 3.05) is 0 Å². The summed E-state index contributed by atoms with van der Waals surface area (Å²) in [6.07, 6.45) is 4.71. The summed E-state index contributed by atoms with van der Waals surface area (Å²) in [5.74, 6) is 0. The van der Waals surface area contributed by atoms with Crippen LogP contribution in [-0.2, 0) is 6.42 Å². The van der Waals surface area contributed by atoms with Gasteiger partial charge in [0.2, 0.25) is 0 Å². The molecule has 0 aliphatic rings. The molecule has 0 nitrogen and oxygen atoms in total. The van der Waals surface area contributed by atoms with Gasteiger partial charge in [0.25, 0.3) is 0 Å². The number of hydrogen-bond acceptors (Lipinski definition) is 0. The molecular weight excluding hydrogens is 172 g/mol. The first-order valence-electron chi connectivity index (χ1n) is 4.99. The van der Waals surface area contributed by atoms with E-state index in [0.717, 1.165) is 0 Å². The molecule has 0 bridgehead atoms. The zero-order chi connectivity index (χ0) is 9.52. The predicted octanol–water partition coefficient (Wildman–Crippen LogP) is 3.20. The van der Waals surface area contributed by atoms with E-state index in [1.165, 1.54) is 18.4 Å². The lowest BCUT2D eigenvalue weighted by Gasteiger charge is -1.97. The number of allylic oxidation sites excluding steroid dienone is 1. The number of benzene rings is 1. The molecule has 0 spiro atoms. The molecule has 13 heavy (non-hydrogen) atoms. The van der Waals surface area contributed by atoms with E-state index in [1.54, 1.807) is 0 Å². The van der Waals surface area contributed by atoms with Crippen LogP contribution in [-0.4, -0.2) is 8.80 Å². The van der Waals surface area contributed by atoms with Gasteiger partial charge in [-0.1, -0.05) is 49.5 Å². The van der Waals surface area contributed by atoms with Crippen molar-refractivity contribution in [3.05, 3.63) is 47.7 Å². The molecule has 0 amide bonds. The van der Waals surface area contributed by atoms with Crippen LogP contribution >= 0.6 is 0 Å². The smallest absolute Gasteiger partial charge is 0.0549 e. The molecule has 0 atom stereocenters. The van der Waals surface area contributed by atoms with Crippen LogP contribution in [0, 0.1) is 0 Å². The van der Waals surface area contributed by atoms with Gasteiger partial charge in [-0.2, -0.15) is 0 Å². The minimum atomic E-state index is -0.477. The summed E-state index contributed by atoms with van der Waals surface area (Å²) >= 11 is 0. The van der Waals surface area contributed by atoms with E-state index in [9.17, 15) is 0 Å². The lowest BCUT2D eigenvalue weighted by Crippen LogP contribution is -1.92. The molecule has 0 radical (unpaired) electrons. The largest absolute Gasteiger partial charge is 0.102 e. The van der Waals surface area contributed by atoms with Crippen molar-refractivity contribution in [1.82, 2.24) is 0 Å². The van der Waals surface area contributed by atoms with Crippen molar-refractivity contribution in [2.45, 2.75) is 25.9 Å². The molecule has 0 unspecified atom stereocenters. The minimum Gasteiger partial charge on any atom is -0.102 e. The van der Waals surface area contributed by atoms with Gasteiger partial charge >= 0.3 is 0 Å². The van der Waals surface area contributed by atoms with Crippen molar-refractivity contribution in [2.24, 2.45) is 0 Å². The van der Waals surface area contributed by atoms with Crippen LogP contribution in [0.15, 0.2) is 42.1 Å². The standard InChI is InChI=1S/C12H18Si/c1-13(2)11-7-6-10-12-8-4-3-5-9-12/h3-5,7-9,11,13H,6,10H2,1-2H3. The normalized spacial score (nSPS) is 11.3. The van der Waals surface area contributed by atoms with Crippen molar-refractivity contribution in [3.63, 3.8) is 0 Å².